The molecule has 0 unspecified atom stereocenters. The highest BCUT2D eigenvalue weighted by Crippen LogP contribution is 2.21. The molecule has 232 valence electrons. The number of carbonyl (C=O) groups is 4. The highest BCUT2D eigenvalue weighted by atomic mass is 16.5. The van der Waals surface area contributed by atoms with Crippen molar-refractivity contribution in [3.8, 4) is 11.5 Å². The van der Waals surface area contributed by atoms with Gasteiger partial charge in [-0.15, -0.1) is 0 Å². The zero-order chi connectivity index (χ0) is 32.3. The van der Waals surface area contributed by atoms with Crippen LogP contribution in [0.15, 0.2) is 97.1 Å². The predicted octanol–water partition coefficient (Wildman–Crippen LogP) is 7.27. The van der Waals surface area contributed by atoms with Crippen molar-refractivity contribution in [3.63, 3.8) is 0 Å². The van der Waals surface area contributed by atoms with Gasteiger partial charge in [-0.2, -0.15) is 0 Å². The molecule has 8 heteroatoms. The maximum absolute atomic E-state index is 12.8. The summed E-state index contributed by atoms with van der Waals surface area (Å²) in [4.78, 5) is 55.1. The van der Waals surface area contributed by atoms with E-state index >= 15 is 0 Å². The molecule has 0 aliphatic heterocycles. The summed E-state index contributed by atoms with van der Waals surface area (Å²) in [7, 11) is 0. The average Bonchev–Trinajstić information content (AvgIpc) is 3.07. The number of rotatable bonds is 14. The Morgan fingerprint density at radius 1 is 0.444 bits per heavy atom. The molecule has 45 heavy (non-hydrogen) atoms. The van der Waals surface area contributed by atoms with Gasteiger partial charge in [0.15, 0.2) is 11.6 Å². The summed E-state index contributed by atoms with van der Waals surface area (Å²) in [5.41, 5.74) is 3.54. The molecule has 4 aromatic carbocycles. The van der Waals surface area contributed by atoms with Crippen LogP contribution in [0.1, 0.15) is 75.5 Å². The zero-order valence-electron chi connectivity index (χ0n) is 26.1. The summed E-state index contributed by atoms with van der Waals surface area (Å²) in [5, 5.41) is 0. The number of esters is 2. The maximum atomic E-state index is 12.8. The van der Waals surface area contributed by atoms with Gasteiger partial charge in [0.1, 0.15) is 11.5 Å². The molecule has 4 rings (SSSR count). The zero-order valence-corrected chi connectivity index (χ0v) is 26.1. The molecule has 0 amide bonds. The van der Waals surface area contributed by atoms with Crippen molar-refractivity contribution in [2.75, 3.05) is 36.0 Å². The lowest BCUT2D eigenvalue weighted by molar-refractivity contribution is 0.0725. The van der Waals surface area contributed by atoms with E-state index in [1.54, 1.807) is 24.3 Å². The van der Waals surface area contributed by atoms with Gasteiger partial charge in [0.05, 0.1) is 17.5 Å². The van der Waals surface area contributed by atoms with E-state index in [2.05, 4.69) is 37.5 Å². The number of ether oxygens (including phenoxy) is 2. The van der Waals surface area contributed by atoms with E-state index in [0.29, 0.717) is 33.8 Å². The first-order valence-electron chi connectivity index (χ1n) is 15.2. The monoisotopic (exact) mass is 606 g/mol. The highest BCUT2D eigenvalue weighted by molar-refractivity contribution is 6.13. The Bertz CT molecular complexity index is 1480. The van der Waals surface area contributed by atoms with Crippen LogP contribution in [0.2, 0.25) is 0 Å². The Balaban J connectivity index is 1.29. The second kappa shape index (κ2) is 15.5. The van der Waals surface area contributed by atoms with Gasteiger partial charge >= 0.3 is 11.9 Å². The van der Waals surface area contributed by atoms with E-state index in [0.717, 1.165) is 37.6 Å². The largest absolute Gasteiger partial charge is 0.423 e. The van der Waals surface area contributed by atoms with E-state index in [1.807, 2.05) is 24.3 Å². The molecule has 0 saturated heterocycles. The molecule has 0 N–H and O–H groups in total. The van der Waals surface area contributed by atoms with Gasteiger partial charge < -0.3 is 19.3 Å². The van der Waals surface area contributed by atoms with Crippen LogP contribution in [0.4, 0.5) is 11.4 Å². The summed E-state index contributed by atoms with van der Waals surface area (Å²) in [5.74, 6) is -1.15. The topological polar surface area (TPSA) is 93.2 Å². The number of Topliss-reactive ketones (excluding diaryl/α,β-unsaturated/α-hetero) is 2. The van der Waals surface area contributed by atoms with Crippen LogP contribution in [0, 0.1) is 0 Å². The lowest BCUT2D eigenvalue weighted by Gasteiger charge is -2.20. The van der Waals surface area contributed by atoms with Crippen molar-refractivity contribution in [1.29, 1.82) is 0 Å². The van der Waals surface area contributed by atoms with Gasteiger partial charge in [-0.1, -0.05) is 0 Å². The lowest BCUT2D eigenvalue weighted by Crippen LogP contribution is -2.21. The fraction of sp³-hybridized carbons (Fsp3) is 0.243. The first-order chi connectivity index (χ1) is 21.8. The van der Waals surface area contributed by atoms with E-state index < -0.39 is 11.9 Å². The Morgan fingerprint density at radius 2 is 0.733 bits per heavy atom. The quantitative estimate of drug-likeness (QED) is 0.0640. The summed E-state index contributed by atoms with van der Waals surface area (Å²) in [6, 6.07) is 26.7. The fourth-order valence-corrected chi connectivity index (χ4v) is 4.89. The first-order valence-corrected chi connectivity index (χ1v) is 15.2. The predicted molar refractivity (Wildman–Crippen MR) is 176 cm³/mol. The molecule has 8 nitrogen and oxygen atoms in total. The van der Waals surface area contributed by atoms with Gasteiger partial charge in [0.2, 0.25) is 0 Å². The number of hydrogen-bond acceptors (Lipinski definition) is 8. The van der Waals surface area contributed by atoms with Crippen molar-refractivity contribution in [1.82, 2.24) is 0 Å². The molecule has 0 atom stereocenters. The van der Waals surface area contributed by atoms with Gasteiger partial charge in [-0.25, -0.2) is 9.59 Å². The summed E-state index contributed by atoms with van der Waals surface area (Å²) in [6.45, 7) is 11.8. The third-order valence-corrected chi connectivity index (χ3v) is 7.56. The number of ketones is 2. The Hall–Kier alpha value is -5.24. The molecule has 0 saturated carbocycles. The molecule has 0 spiro atoms. The smallest absolute Gasteiger partial charge is 0.343 e. The van der Waals surface area contributed by atoms with E-state index in [9.17, 15) is 19.2 Å². The Labute approximate surface area is 264 Å². The summed E-state index contributed by atoms with van der Waals surface area (Å²) >= 11 is 0. The minimum atomic E-state index is -0.502. The molecular weight excluding hydrogens is 568 g/mol. The number of anilines is 2. The molecule has 0 bridgehead atoms. The molecular formula is C37H38N2O6. The molecule has 4 aromatic rings. The van der Waals surface area contributed by atoms with Crippen molar-refractivity contribution < 1.29 is 28.7 Å². The van der Waals surface area contributed by atoms with Crippen LogP contribution < -0.4 is 19.3 Å². The minimum absolute atomic E-state index is 0.292. The molecule has 0 aliphatic rings. The molecule has 0 fully saturated rings. The molecule has 0 aliphatic carbocycles. The number of nitrogens with zero attached hydrogens (tertiary/aromatic N) is 2. The van der Waals surface area contributed by atoms with Crippen molar-refractivity contribution >= 4 is 34.9 Å². The number of carbonyl (C=O) groups excluding carboxylic acids is 4. The van der Waals surface area contributed by atoms with Crippen LogP contribution in [0.25, 0.3) is 0 Å². The van der Waals surface area contributed by atoms with Crippen LogP contribution in [0.5, 0.6) is 11.5 Å². The highest BCUT2D eigenvalue weighted by Gasteiger charge is 2.16. The van der Waals surface area contributed by atoms with Gasteiger partial charge in [0, 0.05) is 48.7 Å². The third kappa shape index (κ3) is 8.44. The van der Waals surface area contributed by atoms with Crippen LogP contribution in [-0.2, 0) is 0 Å². The second-order valence-electron chi connectivity index (χ2n) is 10.3. The van der Waals surface area contributed by atoms with Gasteiger partial charge in [-0.3, -0.25) is 9.59 Å². The van der Waals surface area contributed by atoms with Crippen LogP contribution in [0.3, 0.4) is 0 Å². The average molecular weight is 607 g/mol. The van der Waals surface area contributed by atoms with E-state index in [1.165, 1.54) is 48.5 Å². The molecule has 0 aromatic heterocycles. The maximum Gasteiger partial charge on any atom is 0.343 e. The number of benzene rings is 4. The SMILES string of the molecule is CCN(CC)c1ccc(C(=O)Oc2ccc(C(=O)CC(=O)c3ccc(OC(=O)c4ccc(N(CC)CC)cc4)cc3)cc2)cc1. The number of hydrogen-bond donors (Lipinski definition) is 0. The third-order valence-electron chi connectivity index (χ3n) is 7.56. The normalized spacial score (nSPS) is 10.6. The summed E-state index contributed by atoms with van der Waals surface area (Å²) in [6.07, 6.45) is -0.337. The second-order valence-corrected chi connectivity index (χ2v) is 10.3. The molecule has 0 heterocycles. The van der Waals surface area contributed by atoms with Gasteiger partial charge in [-0.05, 0) is 125 Å². The lowest BCUT2D eigenvalue weighted by atomic mass is 10.0. The van der Waals surface area contributed by atoms with Crippen LogP contribution >= 0.6 is 0 Å². The Kier molecular flexibility index (Phi) is 11.2. The Morgan fingerprint density at radius 3 is 1.02 bits per heavy atom. The van der Waals surface area contributed by atoms with E-state index in [4.69, 9.17) is 9.47 Å². The fourth-order valence-electron chi connectivity index (χ4n) is 4.89. The van der Waals surface area contributed by atoms with Crippen molar-refractivity contribution in [3.05, 3.63) is 119 Å². The van der Waals surface area contributed by atoms with Crippen LogP contribution in [-0.4, -0.2) is 49.7 Å². The van der Waals surface area contributed by atoms with Gasteiger partial charge in [0.25, 0.3) is 0 Å². The molecule has 0 radical (unpaired) electrons. The summed E-state index contributed by atoms with van der Waals surface area (Å²) < 4.78 is 10.9. The van der Waals surface area contributed by atoms with Crippen molar-refractivity contribution in [2.24, 2.45) is 0 Å². The van der Waals surface area contributed by atoms with Crippen molar-refractivity contribution in [2.45, 2.75) is 34.1 Å². The minimum Gasteiger partial charge on any atom is -0.423 e. The first kappa shape index (κ1) is 32.7. The van der Waals surface area contributed by atoms with E-state index in [-0.39, 0.29) is 18.0 Å². The standard InChI is InChI=1S/C37H38N2O6/c1-5-38(6-2)30-17-9-28(10-18-30)36(42)44-32-21-13-26(14-22-32)34(40)25-35(41)27-15-23-33(24-16-27)45-37(43)29-11-19-31(20-12-29)39(7-3)8-4/h9-24H,5-8,25H2,1-4H3.